The van der Waals surface area contributed by atoms with E-state index in [9.17, 15) is 4.79 Å². The molecule has 0 radical (unpaired) electrons. The van der Waals surface area contributed by atoms with Gasteiger partial charge in [0.1, 0.15) is 11.6 Å². The summed E-state index contributed by atoms with van der Waals surface area (Å²) in [5, 5.41) is 0. The second-order valence-electron chi connectivity index (χ2n) is 4.80. The summed E-state index contributed by atoms with van der Waals surface area (Å²) in [5.74, 6) is 0.610. The number of aryl methyl sites for hydroxylation is 1. The molecule has 0 saturated carbocycles. The van der Waals surface area contributed by atoms with Crippen LogP contribution in [-0.2, 0) is 18.3 Å². The first-order valence-electron chi connectivity index (χ1n) is 6.36. The van der Waals surface area contributed by atoms with Crippen LogP contribution >= 0.6 is 0 Å². The van der Waals surface area contributed by atoms with Crippen molar-refractivity contribution in [1.29, 1.82) is 0 Å². The molecule has 20 heavy (non-hydrogen) atoms. The Labute approximate surface area is 116 Å². The maximum Gasteiger partial charge on any atom is 0.137 e. The van der Waals surface area contributed by atoms with Crippen LogP contribution in [0.4, 0.5) is 0 Å². The van der Waals surface area contributed by atoms with Crippen molar-refractivity contribution in [2.45, 2.75) is 13.3 Å². The van der Waals surface area contributed by atoms with E-state index in [4.69, 9.17) is 0 Å². The van der Waals surface area contributed by atoms with Crippen LogP contribution in [0.2, 0.25) is 0 Å². The van der Waals surface area contributed by atoms with E-state index in [0.29, 0.717) is 5.82 Å². The molecular weight excluding hydrogens is 252 g/mol. The second kappa shape index (κ2) is 4.85. The fourth-order valence-electron chi connectivity index (χ4n) is 2.16. The van der Waals surface area contributed by atoms with Gasteiger partial charge in [0, 0.05) is 18.8 Å². The molecule has 0 fully saturated rings. The predicted molar refractivity (Wildman–Crippen MR) is 76.1 cm³/mol. The van der Waals surface area contributed by atoms with Gasteiger partial charge in [0.15, 0.2) is 0 Å². The van der Waals surface area contributed by atoms with Crippen molar-refractivity contribution in [2.75, 3.05) is 0 Å². The van der Waals surface area contributed by atoms with Gasteiger partial charge in [-0.25, -0.2) is 15.0 Å². The highest BCUT2D eigenvalue weighted by Crippen LogP contribution is 2.21. The minimum atomic E-state index is 0.0577. The van der Waals surface area contributed by atoms with E-state index in [1.807, 2.05) is 35.9 Å². The number of Topliss-reactive ketones (excluding diaryl/α,β-unsaturated/α-hetero) is 1. The molecule has 0 aliphatic carbocycles. The summed E-state index contributed by atoms with van der Waals surface area (Å²) in [5.41, 5.74) is 3.79. The summed E-state index contributed by atoms with van der Waals surface area (Å²) >= 11 is 0. The number of ketones is 1. The monoisotopic (exact) mass is 266 g/mol. The third-order valence-corrected chi connectivity index (χ3v) is 3.13. The average molecular weight is 266 g/mol. The van der Waals surface area contributed by atoms with Crippen LogP contribution in [0.3, 0.4) is 0 Å². The van der Waals surface area contributed by atoms with Crippen molar-refractivity contribution >= 4 is 16.8 Å². The van der Waals surface area contributed by atoms with E-state index in [1.54, 1.807) is 12.5 Å². The van der Waals surface area contributed by atoms with Gasteiger partial charge in [0.25, 0.3) is 0 Å². The van der Waals surface area contributed by atoms with Crippen LogP contribution in [0.25, 0.3) is 22.3 Å². The molecule has 0 aliphatic rings. The molecule has 0 unspecified atom stereocenters. The first-order chi connectivity index (χ1) is 9.63. The van der Waals surface area contributed by atoms with Crippen LogP contribution in [-0.4, -0.2) is 25.3 Å². The Morgan fingerprint density at radius 1 is 1.25 bits per heavy atom. The molecule has 5 heteroatoms. The zero-order valence-corrected chi connectivity index (χ0v) is 11.4. The van der Waals surface area contributed by atoms with E-state index < -0.39 is 0 Å². The fourth-order valence-corrected chi connectivity index (χ4v) is 2.16. The van der Waals surface area contributed by atoms with E-state index in [2.05, 4.69) is 15.0 Å². The summed E-state index contributed by atoms with van der Waals surface area (Å²) in [4.78, 5) is 24.0. The maximum atomic E-state index is 11.1. The van der Waals surface area contributed by atoms with E-state index >= 15 is 0 Å². The Bertz CT molecular complexity index is 791. The topological polar surface area (TPSA) is 60.7 Å². The van der Waals surface area contributed by atoms with Crippen molar-refractivity contribution in [3.05, 3.63) is 42.6 Å². The number of carbonyl (C=O) groups excluding carboxylic acids is 1. The van der Waals surface area contributed by atoms with Gasteiger partial charge in [-0.05, 0) is 25.1 Å². The van der Waals surface area contributed by atoms with Gasteiger partial charge >= 0.3 is 0 Å². The van der Waals surface area contributed by atoms with Crippen molar-refractivity contribution in [2.24, 2.45) is 7.05 Å². The normalized spacial score (nSPS) is 10.9. The molecular formula is C15H14N4O. The number of carbonyl (C=O) groups is 1. The Kier molecular flexibility index (Phi) is 3.02. The molecule has 0 atom stereocenters. The summed E-state index contributed by atoms with van der Waals surface area (Å²) in [6.45, 7) is 1.54. The number of rotatable bonds is 3. The van der Waals surface area contributed by atoms with E-state index in [1.165, 1.54) is 6.92 Å². The molecule has 0 saturated heterocycles. The lowest BCUT2D eigenvalue weighted by Gasteiger charge is -2.03. The van der Waals surface area contributed by atoms with Gasteiger partial charge in [0.2, 0.25) is 0 Å². The fraction of sp³-hybridized carbons (Fsp3) is 0.200. The first-order valence-corrected chi connectivity index (χ1v) is 6.36. The van der Waals surface area contributed by atoms with Crippen LogP contribution < -0.4 is 0 Å². The molecule has 100 valence electrons. The highest BCUT2D eigenvalue weighted by Gasteiger charge is 2.07. The molecule has 5 nitrogen and oxygen atoms in total. The van der Waals surface area contributed by atoms with Gasteiger partial charge in [0.05, 0.1) is 29.5 Å². The third kappa shape index (κ3) is 2.30. The number of aromatic nitrogens is 4. The van der Waals surface area contributed by atoms with Crippen molar-refractivity contribution < 1.29 is 4.79 Å². The summed E-state index contributed by atoms with van der Waals surface area (Å²) in [7, 11) is 1.96. The Morgan fingerprint density at radius 3 is 2.90 bits per heavy atom. The Morgan fingerprint density at radius 2 is 2.10 bits per heavy atom. The van der Waals surface area contributed by atoms with E-state index in [0.717, 1.165) is 22.3 Å². The predicted octanol–water partition coefficient (Wildman–Crippen LogP) is 2.16. The number of imidazole rings is 1. The highest BCUT2D eigenvalue weighted by atomic mass is 16.1. The summed E-state index contributed by atoms with van der Waals surface area (Å²) in [6, 6.07) is 7.86. The number of benzene rings is 1. The molecule has 3 rings (SSSR count). The first kappa shape index (κ1) is 12.5. The minimum Gasteiger partial charge on any atom is -0.334 e. The highest BCUT2D eigenvalue weighted by molar-refractivity contribution is 5.81. The van der Waals surface area contributed by atoms with Crippen LogP contribution in [0, 0.1) is 0 Å². The molecule has 1 aromatic carbocycles. The number of hydrogen-bond donors (Lipinski definition) is 0. The smallest absolute Gasteiger partial charge is 0.137 e. The molecule has 0 spiro atoms. The standard InChI is InChI=1S/C15H14N4O/c1-10(20)7-15-16-6-5-12(18-15)11-3-4-14-13(8-11)17-9-19(14)2/h3-6,8-9H,7H2,1-2H3. The third-order valence-electron chi connectivity index (χ3n) is 3.13. The van der Waals surface area contributed by atoms with Crippen molar-refractivity contribution in [1.82, 2.24) is 19.5 Å². The number of nitrogens with zero attached hydrogens (tertiary/aromatic N) is 4. The lowest BCUT2D eigenvalue weighted by atomic mass is 10.1. The quantitative estimate of drug-likeness (QED) is 0.729. The van der Waals surface area contributed by atoms with Crippen molar-refractivity contribution in [3.8, 4) is 11.3 Å². The van der Waals surface area contributed by atoms with Gasteiger partial charge in [-0.3, -0.25) is 4.79 Å². The van der Waals surface area contributed by atoms with Crippen LogP contribution in [0.15, 0.2) is 36.8 Å². The lowest BCUT2D eigenvalue weighted by Crippen LogP contribution is -2.02. The number of fused-ring (bicyclic) bond motifs is 1. The molecule has 0 amide bonds. The van der Waals surface area contributed by atoms with Gasteiger partial charge in [-0.2, -0.15) is 0 Å². The zero-order chi connectivity index (χ0) is 14.1. The minimum absolute atomic E-state index is 0.0577. The molecule has 0 bridgehead atoms. The summed E-state index contributed by atoms with van der Waals surface area (Å²) < 4.78 is 1.97. The van der Waals surface area contributed by atoms with Gasteiger partial charge in [-0.15, -0.1) is 0 Å². The molecule has 3 aromatic rings. The second-order valence-corrected chi connectivity index (χ2v) is 4.80. The van der Waals surface area contributed by atoms with Crippen molar-refractivity contribution in [3.63, 3.8) is 0 Å². The summed E-state index contributed by atoms with van der Waals surface area (Å²) in [6.07, 6.45) is 3.73. The van der Waals surface area contributed by atoms with Crippen LogP contribution in [0.5, 0.6) is 0 Å². The van der Waals surface area contributed by atoms with Gasteiger partial charge in [-0.1, -0.05) is 6.07 Å². The SMILES string of the molecule is CC(=O)Cc1nccc(-c2ccc3c(c2)ncn3C)n1. The van der Waals surface area contributed by atoms with Gasteiger partial charge < -0.3 is 4.57 Å². The maximum absolute atomic E-state index is 11.1. The average Bonchev–Trinajstić information content (AvgIpc) is 2.79. The van der Waals surface area contributed by atoms with E-state index in [-0.39, 0.29) is 12.2 Å². The molecule has 0 N–H and O–H groups in total. The lowest BCUT2D eigenvalue weighted by molar-refractivity contribution is -0.116. The zero-order valence-electron chi connectivity index (χ0n) is 11.4. The Hall–Kier alpha value is -2.56. The molecule has 2 heterocycles. The Balaban J connectivity index is 2.03. The molecule has 0 aliphatic heterocycles. The number of hydrogen-bond acceptors (Lipinski definition) is 4. The molecule has 2 aromatic heterocycles. The van der Waals surface area contributed by atoms with Crippen LogP contribution in [0.1, 0.15) is 12.7 Å². The largest absolute Gasteiger partial charge is 0.334 e.